The van der Waals surface area contributed by atoms with Crippen LogP contribution in [0.5, 0.6) is 17.2 Å². The smallest absolute Gasteiger partial charge is 0.250 e. The molecule has 1 aromatic heterocycles. The molecule has 2 aromatic rings. The molecule has 144 valence electrons. The molecule has 2 bridgehead atoms. The SMILES string of the molecule is COc1cc(OC)c(OC)cc1CN1C[C@@H]2C[C@@H](C1)c1cccc(=O)n1C2. The van der Waals surface area contributed by atoms with Crippen molar-refractivity contribution in [3.8, 4) is 17.2 Å². The minimum Gasteiger partial charge on any atom is -0.496 e. The maximum absolute atomic E-state index is 12.2. The van der Waals surface area contributed by atoms with Crippen LogP contribution in [-0.2, 0) is 13.1 Å². The maximum atomic E-state index is 12.2. The first-order chi connectivity index (χ1) is 13.1. The van der Waals surface area contributed by atoms with Crippen LogP contribution in [0.15, 0.2) is 35.1 Å². The third-order valence-corrected chi connectivity index (χ3v) is 5.74. The first-order valence-corrected chi connectivity index (χ1v) is 9.34. The molecule has 2 atom stereocenters. The molecule has 0 saturated carbocycles. The molecular weight excluding hydrogens is 344 g/mol. The van der Waals surface area contributed by atoms with E-state index in [0.717, 1.165) is 43.9 Å². The zero-order valence-corrected chi connectivity index (χ0v) is 16.1. The lowest BCUT2D eigenvalue weighted by molar-refractivity contribution is 0.113. The van der Waals surface area contributed by atoms with Crippen molar-refractivity contribution in [2.45, 2.75) is 25.4 Å². The van der Waals surface area contributed by atoms with E-state index in [-0.39, 0.29) is 5.56 Å². The molecule has 0 radical (unpaired) electrons. The molecule has 0 spiro atoms. The van der Waals surface area contributed by atoms with Crippen molar-refractivity contribution in [2.24, 2.45) is 5.92 Å². The van der Waals surface area contributed by atoms with E-state index >= 15 is 0 Å². The van der Waals surface area contributed by atoms with Crippen LogP contribution >= 0.6 is 0 Å². The number of benzene rings is 1. The predicted molar refractivity (Wildman–Crippen MR) is 103 cm³/mol. The zero-order chi connectivity index (χ0) is 19.0. The highest BCUT2D eigenvalue weighted by Gasteiger charge is 2.34. The van der Waals surface area contributed by atoms with Gasteiger partial charge in [-0.2, -0.15) is 0 Å². The van der Waals surface area contributed by atoms with Gasteiger partial charge in [-0.1, -0.05) is 6.07 Å². The Morgan fingerprint density at radius 1 is 0.963 bits per heavy atom. The second-order valence-corrected chi connectivity index (χ2v) is 7.41. The molecule has 0 N–H and O–H groups in total. The largest absolute Gasteiger partial charge is 0.496 e. The number of rotatable bonds is 5. The van der Waals surface area contributed by atoms with Gasteiger partial charge in [0.2, 0.25) is 0 Å². The number of piperidine rings is 1. The fourth-order valence-electron chi connectivity index (χ4n) is 4.58. The molecule has 2 aliphatic heterocycles. The molecule has 1 saturated heterocycles. The molecule has 0 amide bonds. The molecule has 1 fully saturated rings. The van der Waals surface area contributed by atoms with E-state index in [1.165, 1.54) is 5.69 Å². The van der Waals surface area contributed by atoms with E-state index in [1.54, 1.807) is 27.4 Å². The van der Waals surface area contributed by atoms with Gasteiger partial charge in [0, 0.05) is 55.5 Å². The highest BCUT2D eigenvalue weighted by molar-refractivity contribution is 5.50. The number of nitrogens with zero attached hydrogens (tertiary/aromatic N) is 2. The molecule has 3 heterocycles. The van der Waals surface area contributed by atoms with Gasteiger partial charge in [-0.15, -0.1) is 0 Å². The summed E-state index contributed by atoms with van der Waals surface area (Å²) in [5, 5.41) is 0. The highest BCUT2D eigenvalue weighted by Crippen LogP contribution is 2.38. The van der Waals surface area contributed by atoms with Crippen LogP contribution in [0.2, 0.25) is 0 Å². The number of methoxy groups -OCH3 is 3. The lowest BCUT2D eigenvalue weighted by Crippen LogP contribution is -2.46. The first-order valence-electron chi connectivity index (χ1n) is 9.34. The van der Waals surface area contributed by atoms with Gasteiger partial charge in [-0.3, -0.25) is 9.69 Å². The maximum Gasteiger partial charge on any atom is 0.250 e. The van der Waals surface area contributed by atoms with Crippen LogP contribution in [0.4, 0.5) is 0 Å². The van der Waals surface area contributed by atoms with E-state index in [4.69, 9.17) is 14.2 Å². The van der Waals surface area contributed by atoms with Crippen LogP contribution in [0, 0.1) is 5.92 Å². The Labute approximate surface area is 159 Å². The summed E-state index contributed by atoms with van der Waals surface area (Å²) in [5.41, 5.74) is 2.38. The van der Waals surface area contributed by atoms with Crippen molar-refractivity contribution >= 4 is 0 Å². The molecule has 0 unspecified atom stereocenters. The van der Waals surface area contributed by atoms with Crippen LogP contribution < -0.4 is 19.8 Å². The molecule has 4 rings (SSSR count). The Balaban J connectivity index is 1.59. The summed E-state index contributed by atoms with van der Waals surface area (Å²) >= 11 is 0. The normalized spacial score (nSPS) is 21.4. The third kappa shape index (κ3) is 3.30. The fourth-order valence-corrected chi connectivity index (χ4v) is 4.58. The molecule has 6 heteroatoms. The van der Waals surface area contributed by atoms with Crippen molar-refractivity contribution in [3.63, 3.8) is 0 Å². The van der Waals surface area contributed by atoms with Crippen LogP contribution in [0.1, 0.15) is 23.6 Å². The van der Waals surface area contributed by atoms with Gasteiger partial charge >= 0.3 is 0 Å². The summed E-state index contributed by atoms with van der Waals surface area (Å²) in [6.45, 7) is 3.52. The predicted octanol–water partition coefficient (Wildman–Crippen LogP) is 2.49. The van der Waals surface area contributed by atoms with E-state index in [0.29, 0.717) is 23.3 Å². The van der Waals surface area contributed by atoms with Crippen LogP contribution in [0.25, 0.3) is 0 Å². The number of hydrogen-bond acceptors (Lipinski definition) is 5. The summed E-state index contributed by atoms with van der Waals surface area (Å²) in [6.07, 6.45) is 1.16. The van der Waals surface area contributed by atoms with Gasteiger partial charge in [0.1, 0.15) is 5.75 Å². The van der Waals surface area contributed by atoms with Crippen molar-refractivity contribution in [2.75, 3.05) is 34.4 Å². The number of pyridine rings is 1. The number of hydrogen-bond donors (Lipinski definition) is 0. The van der Waals surface area contributed by atoms with E-state index in [9.17, 15) is 4.79 Å². The Bertz CT molecular complexity index is 892. The van der Waals surface area contributed by atoms with Crippen LogP contribution in [0.3, 0.4) is 0 Å². The first kappa shape index (κ1) is 17.9. The highest BCUT2D eigenvalue weighted by atomic mass is 16.5. The second-order valence-electron chi connectivity index (χ2n) is 7.41. The van der Waals surface area contributed by atoms with E-state index < -0.39 is 0 Å². The molecule has 0 aliphatic carbocycles. The summed E-state index contributed by atoms with van der Waals surface area (Å²) < 4.78 is 18.4. The summed E-state index contributed by atoms with van der Waals surface area (Å²) in [4.78, 5) is 14.7. The van der Waals surface area contributed by atoms with Gasteiger partial charge in [0.25, 0.3) is 5.56 Å². The fraction of sp³-hybridized carbons (Fsp3) is 0.476. The quantitative estimate of drug-likeness (QED) is 0.809. The van der Waals surface area contributed by atoms with Gasteiger partial charge in [0.05, 0.1) is 21.3 Å². The number of likely N-dealkylation sites (tertiary alicyclic amines) is 1. The summed E-state index contributed by atoms with van der Waals surface area (Å²) in [5.74, 6) is 3.09. The Morgan fingerprint density at radius 3 is 2.44 bits per heavy atom. The Morgan fingerprint density at radius 2 is 1.70 bits per heavy atom. The number of ether oxygens (including phenoxy) is 3. The average Bonchev–Trinajstić information content (AvgIpc) is 2.68. The molecule has 27 heavy (non-hydrogen) atoms. The van der Waals surface area contributed by atoms with Crippen molar-refractivity contribution in [3.05, 3.63) is 51.9 Å². The lowest BCUT2D eigenvalue weighted by atomic mass is 9.83. The minimum absolute atomic E-state index is 0.122. The standard InChI is InChI=1S/C21H26N2O4/c1-25-18-9-20(27-3)19(26-2)8-16(18)13-22-10-14-7-15(12-22)17-5-4-6-21(24)23(17)11-14/h4-6,8-9,14-15H,7,10-13H2,1-3H3/t14-,15-/m0/s1. The monoisotopic (exact) mass is 370 g/mol. The van der Waals surface area contributed by atoms with Gasteiger partial charge in [0.15, 0.2) is 11.5 Å². The topological polar surface area (TPSA) is 52.9 Å². The molecule has 1 aromatic carbocycles. The Hall–Kier alpha value is -2.47. The van der Waals surface area contributed by atoms with Crippen molar-refractivity contribution in [1.82, 2.24) is 9.47 Å². The van der Waals surface area contributed by atoms with Crippen molar-refractivity contribution in [1.29, 1.82) is 0 Å². The molecule has 6 nitrogen and oxygen atoms in total. The number of aromatic nitrogens is 1. The number of fused-ring (bicyclic) bond motifs is 4. The zero-order valence-electron chi connectivity index (χ0n) is 16.1. The van der Waals surface area contributed by atoms with Crippen LogP contribution in [-0.4, -0.2) is 43.9 Å². The van der Waals surface area contributed by atoms with E-state index in [2.05, 4.69) is 11.0 Å². The van der Waals surface area contributed by atoms with Gasteiger partial charge in [-0.05, 0) is 24.5 Å². The van der Waals surface area contributed by atoms with Gasteiger partial charge < -0.3 is 18.8 Å². The third-order valence-electron chi connectivity index (χ3n) is 5.74. The van der Waals surface area contributed by atoms with Crippen molar-refractivity contribution < 1.29 is 14.2 Å². The Kier molecular flexibility index (Phi) is 4.83. The second kappa shape index (κ2) is 7.27. The van der Waals surface area contributed by atoms with E-state index in [1.807, 2.05) is 22.8 Å². The average molecular weight is 370 g/mol. The summed E-state index contributed by atoms with van der Waals surface area (Å²) in [6, 6.07) is 9.53. The minimum atomic E-state index is 0.122. The van der Waals surface area contributed by atoms with Gasteiger partial charge in [-0.25, -0.2) is 0 Å². The molecule has 2 aliphatic rings. The summed E-state index contributed by atoms with van der Waals surface area (Å²) in [7, 11) is 4.95. The lowest BCUT2D eigenvalue weighted by Gasteiger charge is -2.43. The molecular formula is C21H26N2O4.